The standard InChI is InChI=1S/C19H26N4O3.2ClH/c24-19(25)10-13-2-6-23(15-3-7-26-8-4-15)12-14(13)9-18-21-16-1-5-20-11-17(16)22-18;;/h1,5,11,13-15H,2-4,6-10,12H2,(H,21,22)(H,24,25);2*1H/t13-,14-;;/m0../s1. The quantitative estimate of drug-likeness (QED) is 0.757. The molecule has 2 aromatic rings. The Labute approximate surface area is 177 Å². The number of likely N-dealkylation sites (tertiary alicyclic amines) is 1. The van der Waals surface area contributed by atoms with Crippen LogP contribution in [0.2, 0.25) is 0 Å². The summed E-state index contributed by atoms with van der Waals surface area (Å²) < 4.78 is 5.50. The van der Waals surface area contributed by atoms with Gasteiger partial charge in [0.2, 0.25) is 0 Å². The van der Waals surface area contributed by atoms with Gasteiger partial charge in [0.1, 0.15) is 5.82 Å². The van der Waals surface area contributed by atoms with Crippen molar-refractivity contribution in [3.63, 3.8) is 0 Å². The summed E-state index contributed by atoms with van der Waals surface area (Å²) in [6.45, 7) is 3.60. The lowest BCUT2D eigenvalue weighted by molar-refractivity contribution is -0.139. The Kier molecular flexibility index (Phi) is 8.49. The van der Waals surface area contributed by atoms with Gasteiger partial charge in [0.05, 0.1) is 17.2 Å². The first-order chi connectivity index (χ1) is 12.7. The van der Waals surface area contributed by atoms with E-state index < -0.39 is 5.97 Å². The lowest BCUT2D eigenvalue weighted by atomic mass is 9.80. The number of carboxylic acid groups (broad SMARTS) is 1. The highest BCUT2D eigenvalue weighted by Gasteiger charge is 2.34. The molecule has 4 heterocycles. The summed E-state index contributed by atoms with van der Waals surface area (Å²) in [5.74, 6) is 0.738. The number of fused-ring (bicyclic) bond motifs is 1. The highest BCUT2D eigenvalue weighted by atomic mass is 35.5. The molecule has 9 heteroatoms. The van der Waals surface area contributed by atoms with Crippen LogP contribution in [0.15, 0.2) is 18.5 Å². The van der Waals surface area contributed by atoms with E-state index in [4.69, 9.17) is 4.74 Å². The van der Waals surface area contributed by atoms with Crippen LogP contribution in [-0.2, 0) is 16.0 Å². The average molecular weight is 431 g/mol. The number of nitrogens with zero attached hydrogens (tertiary/aromatic N) is 3. The monoisotopic (exact) mass is 430 g/mol. The topological polar surface area (TPSA) is 91.3 Å². The van der Waals surface area contributed by atoms with Crippen molar-refractivity contribution < 1.29 is 14.6 Å². The highest BCUT2D eigenvalue weighted by molar-refractivity contribution is 5.85. The van der Waals surface area contributed by atoms with Crippen molar-refractivity contribution in [2.45, 2.75) is 38.1 Å². The van der Waals surface area contributed by atoms with Gasteiger partial charge in [-0.3, -0.25) is 14.7 Å². The maximum Gasteiger partial charge on any atom is 0.303 e. The summed E-state index contributed by atoms with van der Waals surface area (Å²) in [5, 5.41) is 9.32. The van der Waals surface area contributed by atoms with E-state index in [0.717, 1.165) is 68.8 Å². The minimum absolute atomic E-state index is 0. The number of carbonyl (C=O) groups is 1. The molecule has 0 spiro atoms. The number of halogens is 2. The van der Waals surface area contributed by atoms with Crippen LogP contribution in [-0.4, -0.2) is 63.3 Å². The SMILES string of the molecule is Cl.Cl.O=C(O)C[C@@H]1CCN(C2CCOCC2)C[C@@H]1Cc1nc2ccncc2[nH]1. The molecular weight excluding hydrogens is 403 g/mol. The molecule has 2 aliphatic rings. The molecule has 0 radical (unpaired) electrons. The molecule has 156 valence electrons. The van der Waals surface area contributed by atoms with Gasteiger partial charge in [-0.15, -0.1) is 24.8 Å². The number of nitrogens with one attached hydrogen (secondary N) is 1. The largest absolute Gasteiger partial charge is 0.481 e. The molecule has 7 nitrogen and oxygen atoms in total. The second kappa shape index (κ2) is 10.4. The first-order valence-corrected chi connectivity index (χ1v) is 9.51. The highest BCUT2D eigenvalue weighted by Crippen LogP contribution is 2.32. The summed E-state index contributed by atoms with van der Waals surface area (Å²) >= 11 is 0. The van der Waals surface area contributed by atoms with E-state index >= 15 is 0 Å². The number of ether oxygens (including phenoxy) is 1. The van der Waals surface area contributed by atoms with Crippen LogP contribution in [0.3, 0.4) is 0 Å². The third kappa shape index (κ3) is 5.35. The third-order valence-electron chi connectivity index (χ3n) is 5.85. The number of carboxylic acids is 1. The van der Waals surface area contributed by atoms with Crippen molar-refractivity contribution in [3.05, 3.63) is 24.3 Å². The first-order valence-electron chi connectivity index (χ1n) is 9.51. The van der Waals surface area contributed by atoms with E-state index in [1.54, 1.807) is 12.4 Å². The van der Waals surface area contributed by atoms with Crippen LogP contribution in [0.25, 0.3) is 11.0 Å². The molecule has 4 rings (SSSR count). The molecule has 2 aliphatic heterocycles. The molecule has 0 bridgehead atoms. The zero-order valence-electron chi connectivity index (χ0n) is 15.7. The van der Waals surface area contributed by atoms with Gasteiger partial charge in [-0.1, -0.05) is 0 Å². The number of aromatic nitrogens is 3. The maximum absolute atomic E-state index is 11.3. The first kappa shape index (κ1) is 22.9. The number of H-pyrrole nitrogens is 1. The second-order valence-corrected chi connectivity index (χ2v) is 7.53. The Morgan fingerprint density at radius 3 is 2.75 bits per heavy atom. The minimum atomic E-state index is -0.701. The summed E-state index contributed by atoms with van der Waals surface area (Å²) in [7, 11) is 0. The van der Waals surface area contributed by atoms with Gasteiger partial charge < -0.3 is 14.8 Å². The van der Waals surface area contributed by atoms with Crippen molar-refractivity contribution in [3.8, 4) is 0 Å². The molecule has 2 aromatic heterocycles. The number of aliphatic carboxylic acids is 1. The van der Waals surface area contributed by atoms with Gasteiger partial charge in [0, 0.05) is 44.8 Å². The Morgan fingerprint density at radius 2 is 2.04 bits per heavy atom. The summed E-state index contributed by atoms with van der Waals surface area (Å²) in [6, 6.07) is 2.47. The maximum atomic E-state index is 11.3. The summed E-state index contributed by atoms with van der Waals surface area (Å²) in [5.41, 5.74) is 1.86. The number of hydrogen-bond acceptors (Lipinski definition) is 5. The van der Waals surface area contributed by atoms with E-state index in [9.17, 15) is 9.90 Å². The van der Waals surface area contributed by atoms with Gasteiger partial charge in [0.25, 0.3) is 0 Å². The molecule has 0 unspecified atom stereocenters. The van der Waals surface area contributed by atoms with Crippen LogP contribution in [0, 0.1) is 11.8 Å². The van der Waals surface area contributed by atoms with Crippen LogP contribution < -0.4 is 0 Å². The predicted molar refractivity (Wildman–Crippen MR) is 111 cm³/mol. The Bertz CT molecular complexity index is 733. The number of piperidine rings is 1. The smallest absolute Gasteiger partial charge is 0.303 e. The molecule has 0 saturated carbocycles. The Balaban J connectivity index is 0.00000140. The Morgan fingerprint density at radius 1 is 1.25 bits per heavy atom. The van der Waals surface area contributed by atoms with Gasteiger partial charge in [0.15, 0.2) is 0 Å². The number of imidazole rings is 1. The molecular formula is C19H28Cl2N4O3. The van der Waals surface area contributed by atoms with Gasteiger partial charge in [-0.05, 0) is 43.7 Å². The number of aromatic amines is 1. The zero-order valence-corrected chi connectivity index (χ0v) is 17.4. The van der Waals surface area contributed by atoms with E-state index in [0.29, 0.717) is 12.0 Å². The van der Waals surface area contributed by atoms with Crippen LogP contribution in [0.5, 0.6) is 0 Å². The van der Waals surface area contributed by atoms with E-state index in [1.165, 1.54) is 0 Å². The number of hydrogen-bond donors (Lipinski definition) is 2. The fourth-order valence-electron chi connectivity index (χ4n) is 4.47. The van der Waals surface area contributed by atoms with Crippen molar-refractivity contribution >= 4 is 41.8 Å². The molecule has 28 heavy (non-hydrogen) atoms. The molecule has 0 amide bonds. The zero-order chi connectivity index (χ0) is 17.9. The van der Waals surface area contributed by atoms with Crippen LogP contribution in [0.1, 0.15) is 31.5 Å². The fourth-order valence-corrected chi connectivity index (χ4v) is 4.47. The predicted octanol–water partition coefficient (Wildman–Crippen LogP) is 2.94. The molecule has 0 aliphatic carbocycles. The van der Waals surface area contributed by atoms with Crippen molar-refractivity contribution in [1.29, 1.82) is 0 Å². The lowest BCUT2D eigenvalue weighted by Crippen LogP contribution is -2.48. The average Bonchev–Trinajstić information content (AvgIpc) is 3.06. The second-order valence-electron chi connectivity index (χ2n) is 7.53. The fraction of sp³-hybridized carbons (Fsp3) is 0.632. The van der Waals surface area contributed by atoms with E-state index in [1.807, 2.05) is 6.07 Å². The van der Waals surface area contributed by atoms with Gasteiger partial charge in [-0.2, -0.15) is 0 Å². The normalized spacial score (nSPS) is 23.7. The summed E-state index contributed by atoms with van der Waals surface area (Å²) in [6.07, 6.45) is 7.65. The lowest BCUT2D eigenvalue weighted by Gasteiger charge is -2.43. The molecule has 2 fully saturated rings. The molecule has 0 aromatic carbocycles. The van der Waals surface area contributed by atoms with Crippen molar-refractivity contribution in [2.75, 3.05) is 26.3 Å². The van der Waals surface area contributed by atoms with Crippen LogP contribution >= 0.6 is 24.8 Å². The number of rotatable bonds is 5. The van der Waals surface area contributed by atoms with Crippen molar-refractivity contribution in [1.82, 2.24) is 19.9 Å². The van der Waals surface area contributed by atoms with Crippen molar-refractivity contribution in [2.24, 2.45) is 11.8 Å². The van der Waals surface area contributed by atoms with Gasteiger partial charge >= 0.3 is 5.97 Å². The molecule has 2 atom stereocenters. The number of pyridine rings is 1. The van der Waals surface area contributed by atoms with Crippen LogP contribution in [0.4, 0.5) is 0 Å². The van der Waals surface area contributed by atoms with E-state index in [2.05, 4.69) is 19.9 Å². The summed E-state index contributed by atoms with van der Waals surface area (Å²) in [4.78, 5) is 26.0. The third-order valence-corrected chi connectivity index (χ3v) is 5.85. The molecule has 2 saturated heterocycles. The van der Waals surface area contributed by atoms with E-state index in [-0.39, 0.29) is 37.2 Å². The minimum Gasteiger partial charge on any atom is -0.481 e. The Hall–Kier alpha value is -1.41. The van der Waals surface area contributed by atoms with Gasteiger partial charge in [-0.25, -0.2) is 4.98 Å². The molecule has 2 N–H and O–H groups in total.